The van der Waals surface area contributed by atoms with Gasteiger partial charge in [-0.2, -0.15) is 0 Å². The van der Waals surface area contributed by atoms with Gasteiger partial charge in [0.15, 0.2) is 0 Å². The first kappa shape index (κ1) is 17.8. The van der Waals surface area contributed by atoms with Crippen LogP contribution in [0, 0.1) is 0 Å². The molecule has 3 heterocycles. The normalized spacial score (nSPS) is 13.9. The first-order valence-corrected chi connectivity index (χ1v) is 9.07. The van der Waals surface area contributed by atoms with Crippen molar-refractivity contribution in [1.29, 1.82) is 0 Å². The van der Waals surface area contributed by atoms with Gasteiger partial charge < -0.3 is 14.1 Å². The number of amides is 1. The number of rotatable bonds is 4. The number of hydrogen-bond donors (Lipinski definition) is 0. The minimum absolute atomic E-state index is 0.295. The highest BCUT2D eigenvalue weighted by Crippen LogP contribution is 2.25. The fourth-order valence-corrected chi connectivity index (χ4v) is 2.93. The van der Waals surface area contributed by atoms with Gasteiger partial charge in [-0.1, -0.05) is 24.3 Å². The van der Waals surface area contributed by atoms with Crippen molar-refractivity contribution < 1.29 is 13.9 Å². The smallest absolute Gasteiger partial charge is 0.410 e. The molecule has 4 rings (SSSR count). The highest BCUT2D eigenvalue weighted by molar-refractivity contribution is 5.71. The minimum Gasteiger partial charge on any atom is -0.450 e. The van der Waals surface area contributed by atoms with E-state index in [0.717, 1.165) is 16.8 Å². The van der Waals surface area contributed by atoms with Crippen molar-refractivity contribution in [2.75, 3.05) is 19.7 Å². The molecule has 0 radical (unpaired) electrons. The van der Waals surface area contributed by atoms with E-state index in [2.05, 4.69) is 20.2 Å². The molecule has 0 saturated heterocycles. The van der Waals surface area contributed by atoms with E-state index in [0.29, 0.717) is 43.6 Å². The summed E-state index contributed by atoms with van der Waals surface area (Å²) in [6.07, 6.45) is 5.65. The topological polar surface area (TPSA) is 94.2 Å². The molecule has 0 bridgehead atoms. The second-order valence-electron chi connectivity index (χ2n) is 6.19. The first-order chi connectivity index (χ1) is 13.7. The zero-order chi connectivity index (χ0) is 19.3. The Morgan fingerprint density at radius 2 is 1.93 bits per heavy atom. The molecular formula is C20H19N5O3. The molecule has 0 spiro atoms. The monoisotopic (exact) mass is 377 g/mol. The van der Waals surface area contributed by atoms with Gasteiger partial charge in [-0.05, 0) is 31.1 Å². The largest absolute Gasteiger partial charge is 0.450 e. The Labute approximate surface area is 161 Å². The number of ether oxygens (including phenoxy) is 1. The summed E-state index contributed by atoms with van der Waals surface area (Å²) in [6, 6.07) is 9.56. The third-order valence-corrected chi connectivity index (χ3v) is 4.36. The summed E-state index contributed by atoms with van der Waals surface area (Å²) in [5.41, 5.74) is 3.12. The number of nitrogens with zero attached hydrogens (tertiary/aromatic N) is 5. The molecule has 3 aromatic rings. The third kappa shape index (κ3) is 3.75. The van der Waals surface area contributed by atoms with Gasteiger partial charge in [0.25, 0.3) is 5.89 Å². The Morgan fingerprint density at radius 1 is 1.14 bits per heavy atom. The average molecular weight is 377 g/mol. The first-order valence-electron chi connectivity index (χ1n) is 9.07. The maximum atomic E-state index is 11.8. The van der Waals surface area contributed by atoms with E-state index in [1.807, 2.05) is 36.4 Å². The summed E-state index contributed by atoms with van der Waals surface area (Å²) in [4.78, 5) is 22.4. The van der Waals surface area contributed by atoms with Crippen LogP contribution in [0.25, 0.3) is 28.6 Å². The van der Waals surface area contributed by atoms with Crippen LogP contribution in [0.3, 0.4) is 0 Å². The van der Waals surface area contributed by atoms with Crippen molar-refractivity contribution in [1.82, 2.24) is 25.1 Å². The molecule has 8 nitrogen and oxygen atoms in total. The molecule has 0 unspecified atom stereocenters. The number of aromatic nitrogens is 4. The summed E-state index contributed by atoms with van der Waals surface area (Å²) < 4.78 is 10.8. The zero-order valence-corrected chi connectivity index (χ0v) is 15.4. The van der Waals surface area contributed by atoms with Crippen molar-refractivity contribution in [3.8, 4) is 23.0 Å². The molecule has 0 aliphatic carbocycles. The second kappa shape index (κ2) is 7.99. The third-order valence-electron chi connectivity index (χ3n) is 4.36. The van der Waals surface area contributed by atoms with Crippen LogP contribution in [-0.4, -0.2) is 50.9 Å². The SMILES string of the molecule is CCOC(=O)N1CC=C(c2cncc(-c3nnc(-c4ccccc4)o3)n2)CC1. The van der Waals surface area contributed by atoms with Crippen LogP contribution in [0.1, 0.15) is 19.0 Å². The van der Waals surface area contributed by atoms with Gasteiger partial charge in [-0.25, -0.2) is 9.78 Å². The Morgan fingerprint density at radius 3 is 2.68 bits per heavy atom. The predicted octanol–water partition coefficient (Wildman–Crippen LogP) is 3.44. The highest BCUT2D eigenvalue weighted by Gasteiger charge is 2.20. The van der Waals surface area contributed by atoms with E-state index in [9.17, 15) is 4.79 Å². The van der Waals surface area contributed by atoms with Gasteiger partial charge >= 0.3 is 6.09 Å². The average Bonchev–Trinajstić information content (AvgIpc) is 3.25. The molecule has 0 saturated carbocycles. The van der Waals surface area contributed by atoms with Crippen molar-refractivity contribution in [3.63, 3.8) is 0 Å². The predicted molar refractivity (Wildman–Crippen MR) is 102 cm³/mol. The summed E-state index contributed by atoms with van der Waals surface area (Å²) in [5.74, 6) is 0.752. The highest BCUT2D eigenvalue weighted by atomic mass is 16.6. The quantitative estimate of drug-likeness (QED) is 0.687. The fourth-order valence-electron chi connectivity index (χ4n) is 2.93. The van der Waals surface area contributed by atoms with Crippen LogP contribution in [0.2, 0.25) is 0 Å². The van der Waals surface area contributed by atoms with E-state index >= 15 is 0 Å². The lowest BCUT2D eigenvalue weighted by molar-refractivity contribution is 0.111. The summed E-state index contributed by atoms with van der Waals surface area (Å²) in [5, 5.41) is 8.19. The lowest BCUT2D eigenvalue weighted by atomic mass is 10.1. The minimum atomic E-state index is -0.295. The van der Waals surface area contributed by atoms with E-state index < -0.39 is 0 Å². The van der Waals surface area contributed by atoms with Gasteiger partial charge in [0.1, 0.15) is 5.69 Å². The lowest BCUT2D eigenvalue weighted by Gasteiger charge is -2.25. The number of carbonyl (C=O) groups excluding carboxylic acids is 1. The molecule has 28 heavy (non-hydrogen) atoms. The molecular weight excluding hydrogens is 358 g/mol. The fraction of sp³-hybridized carbons (Fsp3) is 0.250. The molecule has 0 atom stereocenters. The van der Waals surface area contributed by atoms with Crippen molar-refractivity contribution in [3.05, 3.63) is 54.5 Å². The van der Waals surface area contributed by atoms with E-state index in [4.69, 9.17) is 9.15 Å². The molecule has 1 amide bonds. The van der Waals surface area contributed by atoms with Gasteiger partial charge in [-0.15, -0.1) is 10.2 Å². The zero-order valence-electron chi connectivity index (χ0n) is 15.4. The maximum absolute atomic E-state index is 11.8. The van der Waals surface area contributed by atoms with Crippen molar-refractivity contribution >= 4 is 11.7 Å². The maximum Gasteiger partial charge on any atom is 0.410 e. The molecule has 8 heteroatoms. The van der Waals surface area contributed by atoms with E-state index in [1.165, 1.54) is 0 Å². The van der Waals surface area contributed by atoms with Crippen LogP contribution >= 0.6 is 0 Å². The van der Waals surface area contributed by atoms with E-state index in [-0.39, 0.29) is 6.09 Å². The molecule has 1 aliphatic heterocycles. The molecule has 2 aromatic heterocycles. The van der Waals surface area contributed by atoms with Crippen LogP contribution < -0.4 is 0 Å². The Balaban J connectivity index is 1.53. The molecule has 1 aliphatic rings. The van der Waals surface area contributed by atoms with Crippen molar-refractivity contribution in [2.45, 2.75) is 13.3 Å². The van der Waals surface area contributed by atoms with Crippen LogP contribution in [0.4, 0.5) is 4.79 Å². The van der Waals surface area contributed by atoms with Gasteiger partial charge in [0.2, 0.25) is 5.89 Å². The molecule has 0 fully saturated rings. The number of hydrogen-bond acceptors (Lipinski definition) is 7. The van der Waals surface area contributed by atoms with Gasteiger partial charge in [-0.3, -0.25) is 4.98 Å². The summed E-state index contributed by atoms with van der Waals surface area (Å²) in [6.45, 7) is 3.23. The molecule has 0 N–H and O–H groups in total. The van der Waals surface area contributed by atoms with Crippen LogP contribution in [0.15, 0.2) is 53.2 Å². The molecule has 1 aromatic carbocycles. The Hall–Kier alpha value is -3.55. The Kier molecular flexibility index (Phi) is 5.09. The van der Waals surface area contributed by atoms with Gasteiger partial charge in [0.05, 0.1) is 24.7 Å². The van der Waals surface area contributed by atoms with E-state index in [1.54, 1.807) is 24.2 Å². The van der Waals surface area contributed by atoms with Crippen molar-refractivity contribution in [2.24, 2.45) is 0 Å². The summed E-state index contributed by atoms with van der Waals surface area (Å²) in [7, 11) is 0. The number of carbonyl (C=O) groups is 1. The standard InChI is InChI=1S/C20H19N5O3/c1-2-27-20(26)25-10-8-14(9-11-25)16-12-21-13-17(22-16)19-24-23-18(28-19)15-6-4-3-5-7-15/h3-8,12-13H,2,9-11H2,1H3. The lowest BCUT2D eigenvalue weighted by Crippen LogP contribution is -2.35. The molecule has 142 valence electrons. The van der Waals surface area contributed by atoms with Crippen LogP contribution in [0.5, 0.6) is 0 Å². The second-order valence-corrected chi connectivity index (χ2v) is 6.19. The Bertz CT molecular complexity index is 1000. The summed E-state index contributed by atoms with van der Waals surface area (Å²) >= 11 is 0. The van der Waals surface area contributed by atoms with Crippen LogP contribution in [-0.2, 0) is 4.74 Å². The van der Waals surface area contributed by atoms with Gasteiger partial charge in [0, 0.05) is 18.7 Å². The number of benzene rings is 1.